The zero-order valence-electron chi connectivity index (χ0n) is 17.9. The number of hydrogen-bond donors (Lipinski definition) is 4. The molecule has 2 aromatic carbocycles. The van der Waals surface area contributed by atoms with Gasteiger partial charge in [-0.05, 0) is 56.3 Å². The number of pyridine rings is 1. The first-order chi connectivity index (χ1) is 15.4. The molecule has 1 aromatic heterocycles. The van der Waals surface area contributed by atoms with Gasteiger partial charge in [-0.25, -0.2) is 4.79 Å². The molecule has 4 amide bonds. The van der Waals surface area contributed by atoms with Crippen LogP contribution >= 0.6 is 0 Å². The Labute approximate surface area is 186 Å². The number of rotatable bonds is 7. The standard InChI is InChI=1S/C24H25N5O3/c1-16(2)27-24(32)29-21-12-4-3-11-20(21)23(31)28-18-10-7-8-17(14-18)22(30)26-15-19-9-5-6-13-25-19/h3-14,16H,15H2,1-2H3,(H,26,30)(H,28,31)(H2,27,29,32). The molecule has 1 heterocycles. The summed E-state index contributed by atoms with van der Waals surface area (Å²) >= 11 is 0. The molecule has 0 aliphatic rings. The summed E-state index contributed by atoms with van der Waals surface area (Å²) < 4.78 is 0. The molecule has 0 bridgehead atoms. The highest BCUT2D eigenvalue weighted by Crippen LogP contribution is 2.18. The third-order valence-corrected chi connectivity index (χ3v) is 4.38. The van der Waals surface area contributed by atoms with Gasteiger partial charge in [0, 0.05) is 23.5 Å². The highest BCUT2D eigenvalue weighted by molar-refractivity contribution is 6.10. The van der Waals surface area contributed by atoms with Crippen LogP contribution in [0.4, 0.5) is 16.2 Å². The molecule has 3 aromatic rings. The van der Waals surface area contributed by atoms with E-state index in [0.717, 1.165) is 5.69 Å². The summed E-state index contributed by atoms with van der Waals surface area (Å²) in [6.07, 6.45) is 1.66. The number of nitrogens with zero attached hydrogens (tertiary/aromatic N) is 1. The van der Waals surface area contributed by atoms with Gasteiger partial charge in [-0.1, -0.05) is 24.3 Å². The van der Waals surface area contributed by atoms with Crippen molar-refractivity contribution in [3.05, 3.63) is 89.7 Å². The monoisotopic (exact) mass is 431 g/mol. The van der Waals surface area contributed by atoms with Gasteiger partial charge in [0.25, 0.3) is 11.8 Å². The van der Waals surface area contributed by atoms with Crippen LogP contribution in [0, 0.1) is 0 Å². The van der Waals surface area contributed by atoms with Crippen LogP contribution in [0.3, 0.4) is 0 Å². The molecule has 0 atom stereocenters. The third-order valence-electron chi connectivity index (χ3n) is 4.38. The largest absolute Gasteiger partial charge is 0.346 e. The summed E-state index contributed by atoms with van der Waals surface area (Å²) in [6.45, 7) is 3.99. The lowest BCUT2D eigenvalue weighted by Crippen LogP contribution is -2.34. The van der Waals surface area contributed by atoms with Gasteiger partial charge in [-0.2, -0.15) is 0 Å². The number of hydrogen-bond acceptors (Lipinski definition) is 4. The van der Waals surface area contributed by atoms with E-state index >= 15 is 0 Å². The Hall–Kier alpha value is -4.20. The van der Waals surface area contributed by atoms with E-state index in [1.165, 1.54) is 0 Å². The van der Waals surface area contributed by atoms with Crippen molar-refractivity contribution in [3.8, 4) is 0 Å². The molecule has 0 saturated heterocycles. The fourth-order valence-corrected chi connectivity index (χ4v) is 2.92. The van der Waals surface area contributed by atoms with Gasteiger partial charge in [0.15, 0.2) is 0 Å². The molecule has 0 fully saturated rings. The van der Waals surface area contributed by atoms with Crippen molar-refractivity contribution in [1.82, 2.24) is 15.6 Å². The molecule has 0 unspecified atom stereocenters. The van der Waals surface area contributed by atoms with Gasteiger partial charge in [-0.3, -0.25) is 14.6 Å². The molecular weight excluding hydrogens is 406 g/mol. The summed E-state index contributed by atoms with van der Waals surface area (Å²) in [5, 5.41) is 11.0. The maximum atomic E-state index is 12.8. The summed E-state index contributed by atoms with van der Waals surface area (Å²) in [6, 6.07) is 18.4. The number of para-hydroxylation sites is 1. The van der Waals surface area contributed by atoms with Crippen LogP contribution in [0.25, 0.3) is 0 Å². The number of carbonyl (C=O) groups excluding carboxylic acids is 3. The lowest BCUT2D eigenvalue weighted by molar-refractivity contribution is 0.0949. The Morgan fingerprint density at radius 1 is 0.875 bits per heavy atom. The van der Waals surface area contributed by atoms with Crippen LogP contribution in [0.15, 0.2) is 72.9 Å². The van der Waals surface area contributed by atoms with Gasteiger partial charge in [0.2, 0.25) is 0 Å². The molecule has 0 radical (unpaired) electrons. The normalized spacial score (nSPS) is 10.3. The quantitative estimate of drug-likeness (QED) is 0.456. The summed E-state index contributed by atoms with van der Waals surface area (Å²) in [5.74, 6) is -0.685. The van der Waals surface area contributed by atoms with Crippen LogP contribution in [0.1, 0.15) is 40.3 Å². The minimum absolute atomic E-state index is 0.0393. The van der Waals surface area contributed by atoms with Crippen molar-refractivity contribution >= 4 is 29.2 Å². The number of anilines is 2. The highest BCUT2D eigenvalue weighted by Gasteiger charge is 2.14. The Balaban J connectivity index is 1.67. The van der Waals surface area contributed by atoms with Crippen LogP contribution in [0.2, 0.25) is 0 Å². The topological polar surface area (TPSA) is 112 Å². The van der Waals surface area contributed by atoms with E-state index in [-0.39, 0.29) is 11.9 Å². The van der Waals surface area contributed by atoms with Gasteiger partial charge >= 0.3 is 6.03 Å². The SMILES string of the molecule is CC(C)NC(=O)Nc1ccccc1C(=O)Nc1cccc(C(=O)NCc2ccccn2)c1. The minimum atomic E-state index is -0.406. The van der Waals surface area contributed by atoms with Crippen molar-refractivity contribution in [3.63, 3.8) is 0 Å². The molecular formula is C24H25N5O3. The molecule has 32 heavy (non-hydrogen) atoms. The number of amides is 4. The fourth-order valence-electron chi connectivity index (χ4n) is 2.92. The molecule has 0 spiro atoms. The van der Waals surface area contributed by atoms with Crippen molar-refractivity contribution in [2.45, 2.75) is 26.4 Å². The zero-order valence-corrected chi connectivity index (χ0v) is 17.9. The summed E-state index contributed by atoms with van der Waals surface area (Å²) in [5.41, 5.74) is 2.29. The van der Waals surface area contributed by atoms with Crippen LogP contribution in [-0.2, 0) is 6.54 Å². The highest BCUT2D eigenvalue weighted by atomic mass is 16.2. The Kier molecular flexibility index (Phi) is 7.53. The Bertz CT molecular complexity index is 1100. The average molecular weight is 431 g/mol. The number of benzene rings is 2. The van der Waals surface area contributed by atoms with Gasteiger partial charge in [0.05, 0.1) is 23.5 Å². The number of nitrogens with one attached hydrogen (secondary N) is 4. The van der Waals surface area contributed by atoms with E-state index in [9.17, 15) is 14.4 Å². The van der Waals surface area contributed by atoms with Crippen molar-refractivity contribution in [2.24, 2.45) is 0 Å². The zero-order chi connectivity index (χ0) is 22.9. The maximum absolute atomic E-state index is 12.8. The molecule has 4 N–H and O–H groups in total. The fraction of sp³-hybridized carbons (Fsp3) is 0.167. The van der Waals surface area contributed by atoms with E-state index in [1.807, 2.05) is 32.0 Å². The van der Waals surface area contributed by atoms with E-state index in [1.54, 1.807) is 54.7 Å². The van der Waals surface area contributed by atoms with Gasteiger partial charge < -0.3 is 21.3 Å². The van der Waals surface area contributed by atoms with E-state index < -0.39 is 11.9 Å². The minimum Gasteiger partial charge on any atom is -0.346 e. The van der Waals surface area contributed by atoms with Crippen LogP contribution in [0.5, 0.6) is 0 Å². The van der Waals surface area contributed by atoms with E-state index in [0.29, 0.717) is 29.0 Å². The number of aromatic nitrogens is 1. The molecule has 0 saturated carbocycles. The molecule has 8 heteroatoms. The average Bonchev–Trinajstić information content (AvgIpc) is 2.78. The van der Waals surface area contributed by atoms with Crippen LogP contribution in [-0.4, -0.2) is 28.9 Å². The second-order valence-corrected chi connectivity index (χ2v) is 7.34. The molecule has 0 aliphatic carbocycles. The van der Waals surface area contributed by atoms with Crippen molar-refractivity contribution in [2.75, 3.05) is 10.6 Å². The molecule has 3 rings (SSSR count). The predicted molar refractivity (Wildman–Crippen MR) is 124 cm³/mol. The molecule has 0 aliphatic heterocycles. The molecule has 8 nitrogen and oxygen atoms in total. The Morgan fingerprint density at radius 2 is 1.66 bits per heavy atom. The van der Waals surface area contributed by atoms with Crippen molar-refractivity contribution < 1.29 is 14.4 Å². The second kappa shape index (κ2) is 10.7. The summed E-state index contributed by atoms with van der Waals surface area (Å²) in [7, 11) is 0. The smallest absolute Gasteiger partial charge is 0.319 e. The number of carbonyl (C=O) groups is 3. The predicted octanol–water partition coefficient (Wildman–Crippen LogP) is 3.79. The first-order valence-corrected chi connectivity index (χ1v) is 10.2. The summed E-state index contributed by atoms with van der Waals surface area (Å²) in [4.78, 5) is 41.5. The number of urea groups is 1. The van der Waals surface area contributed by atoms with Crippen LogP contribution < -0.4 is 21.3 Å². The third kappa shape index (κ3) is 6.40. The van der Waals surface area contributed by atoms with Crippen molar-refractivity contribution in [1.29, 1.82) is 0 Å². The van der Waals surface area contributed by atoms with Gasteiger partial charge in [-0.15, -0.1) is 0 Å². The van der Waals surface area contributed by atoms with Gasteiger partial charge in [0.1, 0.15) is 0 Å². The Morgan fingerprint density at radius 3 is 2.41 bits per heavy atom. The van der Waals surface area contributed by atoms with E-state index in [2.05, 4.69) is 26.3 Å². The second-order valence-electron chi connectivity index (χ2n) is 7.34. The lowest BCUT2D eigenvalue weighted by Gasteiger charge is -2.14. The lowest BCUT2D eigenvalue weighted by atomic mass is 10.1. The first kappa shape index (κ1) is 22.5. The maximum Gasteiger partial charge on any atom is 0.319 e. The molecule has 164 valence electrons. The first-order valence-electron chi connectivity index (χ1n) is 10.2. The van der Waals surface area contributed by atoms with E-state index in [4.69, 9.17) is 0 Å².